The van der Waals surface area contributed by atoms with Crippen LogP contribution in [0, 0.1) is 0 Å². The van der Waals surface area contributed by atoms with Crippen LogP contribution in [0.4, 0.5) is 10.5 Å². The average molecular weight is 561 g/mol. The van der Waals surface area contributed by atoms with Crippen molar-refractivity contribution in [2.24, 2.45) is 5.73 Å². The van der Waals surface area contributed by atoms with Gasteiger partial charge in [0, 0.05) is 24.8 Å². The summed E-state index contributed by atoms with van der Waals surface area (Å²) >= 11 is 0. The van der Waals surface area contributed by atoms with Gasteiger partial charge in [-0.1, -0.05) is 85.3 Å². The number of nitrogens with one attached hydrogen (secondary N) is 4. The van der Waals surface area contributed by atoms with Gasteiger partial charge in [-0.05, 0) is 49.1 Å². The van der Waals surface area contributed by atoms with E-state index >= 15 is 0 Å². The van der Waals surface area contributed by atoms with Gasteiger partial charge in [0.2, 0.25) is 5.91 Å². The molecule has 0 bridgehead atoms. The second-order valence-corrected chi connectivity index (χ2v) is 8.79. The Bertz CT molecular complexity index is 1040. The van der Waals surface area contributed by atoms with Crippen LogP contribution in [0.15, 0.2) is 91.0 Å². The van der Waals surface area contributed by atoms with Crippen LogP contribution in [0.5, 0.6) is 0 Å². The summed E-state index contributed by atoms with van der Waals surface area (Å²) in [7, 11) is 0. The quantitative estimate of drug-likeness (QED) is 0.185. The molecular weight excluding hydrogens is 521 g/mol. The molecule has 6 N–H and O–H groups in total. The van der Waals surface area contributed by atoms with Gasteiger partial charge < -0.3 is 27.0 Å². The third-order valence-electron chi connectivity index (χ3n) is 5.88. The summed E-state index contributed by atoms with van der Waals surface area (Å²) in [6, 6.07) is 28.4. The lowest BCUT2D eigenvalue weighted by molar-refractivity contribution is -0.123. The third-order valence-corrected chi connectivity index (χ3v) is 5.88. The monoisotopic (exact) mass is 559 g/mol. The fraction of sp³-hybridized carbons (Fsp3) is 0.310. The van der Waals surface area contributed by atoms with Crippen LogP contribution in [0.25, 0.3) is 0 Å². The summed E-state index contributed by atoms with van der Waals surface area (Å²) < 4.78 is 0. The molecule has 3 aromatic rings. The lowest BCUT2D eigenvalue weighted by Crippen LogP contribution is -2.52. The number of hydrogen-bond acceptors (Lipinski definition) is 4. The van der Waals surface area contributed by atoms with E-state index in [1.807, 2.05) is 78.9 Å². The number of para-hydroxylation sites is 1. The number of nitrogens with two attached hydrogens (primary N) is 1. The summed E-state index contributed by atoms with van der Waals surface area (Å²) in [5, 5.41) is 12.4. The Morgan fingerprint density at radius 1 is 0.737 bits per heavy atom. The summed E-state index contributed by atoms with van der Waals surface area (Å²) in [6.45, 7) is 1.43. The molecule has 0 aliphatic rings. The summed E-state index contributed by atoms with van der Waals surface area (Å²) in [5.41, 5.74) is 8.60. The maximum Gasteiger partial charge on any atom is 0.319 e. The molecule has 0 unspecified atom stereocenters. The highest BCUT2D eigenvalue weighted by Crippen LogP contribution is 2.09. The van der Waals surface area contributed by atoms with Gasteiger partial charge in [-0.15, -0.1) is 24.8 Å². The first kappa shape index (κ1) is 32.9. The number of amides is 3. The minimum absolute atomic E-state index is 0. The molecule has 0 heterocycles. The zero-order valence-corrected chi connectivity index (χ0v) is 23.1. The highest BCUT2D eigenvalue weighted by molar-refractivity contribution is 5.89. The molecule has 0 radical (unpaired) electrons. The van der Waals surface area contributed by atoms with Crippen molar-refractivity contribution in [3.63, 3.8) is 0 Å². The van der Waals surface area contributed by atoms with Crippen LogP contribution in [-0.4, -0.2) is 37.1 Å². The van der Waals surface area contributed by atoms with Crippen molar-refractivity contribution < 1.29 is 9.59 Å². The van der Waals surface area contributed by atoms with Crippen molar-refractivity contribution >= 4 is 42.4 Å². The van der Waals surface area contributed by atoms with Crippen LogP contribution >= 0.6 is 24.8 Å². The second-order valence-electron chi connectivity index (χ2n) is 8.79. The minimum Gasteiger partial charge on any atom is -0.351 e. The maximum absolute atomic E-state index is 13.2. The molecule has 3 aromatic carbocycles. The van der Waals surface area contributed by atoms with Crippen molar-refractivity contribution in [3.05, 3.63) is 102 Å². The number of benzene rings is 3. The van der Waals surface area contributed by atoms with E-state index in [2.05, 4.69) is 33.4 Å². The lowest BCUT2D eigenvalue weighted by atomic mass is 10.0. The number of hydrogen-bond donors (Lipinski definition) is 5. The number of urea groups is 1. The number of carbonyl (C=O) groups excluding carboxylic acids is 2. The first-order valence-corrected chi connectivity index (χ1v) is 12.6. The Kier molecular flexibility index (Phi) is 16.5. The van der Waals surface area contributed by atoms with E-state index in [1.54, 1.807) is 0 Å². The Labute approximate surface area is 238 Å². The predicted octanol–water partition coefficient (Wildman–Crippen LogP) is 4.67. The molecule has 0 aliphatic carbocycles. The lowest BCUT2D eigenvalue weighted by Gasteiger charge is -2.26. The predicted molar refractivity (Wildman–Crippen MR) is 160 cm³/mol. The van der Waals surface area contributed by atoms with Gasteiger partial charge in [-0.3, -0.25) is 4.79 Å². The van der Waals surface area contributed by atoms with Crippen molar-refractivity contribution in [1.82, 2.24) is 16.0 Å². The molecule has 9 heteroatoms. The fourth-order valence-corrected chi connectivity index (χ4v) is 3.98. The van der Waals surface area contributed by atoms with Gasteiger partial charge in [0.1, 0.15) is 0 Å². The Morgan fingerprint density at radius 3 is 1.92 bits per heavy atom. The van der Waals surface area contributed by atoms with Crippen molar-refractivity contribution in [2.45, 2.75) is 44.3 Å². The molecular formula is C29H39Cl2N5O2. The Balaban J connectivity index is 0.00000361. The van der Waals surface area contributed by atoms with Gasteiger partial charge in [-0.25, -0.2) is 4.79 Å². The average Bonchev–Trinajstić information content (AvgIpc) is 2.91. The van der Waals surface area contributed by atoms with E-state index < -0.39 is 6.04 Å². The molecule has 3 rings (SSSR count). The summed E-state index contributed by atoms with van der Waals surface area (Å²) in [5.74, 6) is -0.0531. The van der Waals surface area contributed by atoms with Gasteiger partial charge in [0.25, 0.3) is 0 Å². The molecule has 0 saturated heterocycles. The zero-order chi connectivity index (χ0) is 25.4. The molecule has 0 aliphatic heterocycles. The molecule has 38 heavy (non-hydrogen) atoms. The zero-order valence-electron chi connectivity index (χ0n) is 21.5. The van der Waals surface area contributed by atoms with E-state index in [-0.39, 0.29) is 42.8 Å². The van der Waals surface area contributed by atoms with E-state index in [1.165, 1.54) is 0 Å². The minimum atomic E-state index is -0.395. The first-order chi connectivity index (χ1) is 17.6. The van der Waals surface area contributed by atoms with Crippen LogP contribution < -0.4 is 27.0 Å². The number of unbranched alkanes of at least 4 members (excludes halogenated alkanes) is 1. The number of carbonyl (C=O) groups is 2. The standard InChI is InChI=1S/C29H37N5O2.2ClH/c30-19-11-10-18-27(28(35)31-21-24-14-6-2-7-15-24)33-26(20-23-12-4-1-5-13-23)22-32-29(36)34-25-16-8-3-9-17-25;;/h1-9,12-17,26-27,33H,10-11,18-22,30H2,(H,31,35)(H2,32,34,36);2*1H/t26-,27+;;/m1../s1. The highest BCUT2D eigenvalue weighted by Gasteiger charge is 2.22. The van der Waals surface area contributed by atoms with Gasteiger partial charge >= 0.3 is 6.03 Å². The third kappa shape index (κ3) is 12.4. The topological polar surface area (TPSA) is 108 Å². The van der Waals surface area contributed by atoms with Crippen molar-refractivity contribution in [2.75, 3.05) is 18.4 Å². The van der Waals surface area contributed by atoms with Gasteiger partial charge in [0.05, 0.1) is 6.04 Å². The van der Waals surface area contributed by atoms with E-state index in [4.69, 9.17) is 5.73 Å². The molecule has 7 nitrogen and oxygen atoms in total. The molecule has 206 valence electrons. The summed E-state index contributed by atoms with van der Waals surface area (Å²) in [4.78, 5) is 25.7. The normalized spacial score (nSPS) is 11.7. The smallest absolute Gasteiger partial charge is 0.319 e. The molecule has 0 spiro atoms. The molecule has 0 fully saturated rings. The van der Waals surface area contributed by atoms with Crippen molar-refractivity contribution in [1.29, 1.82) is 0 Å². The highest BCUT2D eigenvalue weighted by atomic mass is 35.5. The van der Waals surface area contributed by atoms with E-state index in [0.717, 1.165) is 29.7 Å². The van der Waals surface area contributed by atoms with Crippen molar-refractivity contribution in [3.8, 4) is 0 Å². The first-order valence-electron chi connectivity index (χ1n) is 12.6. The second kappa shape index (κ2) is 19.0. The largest absolute Gasteiger partial charge is 0.351 e. The van der Waals surface area contributed by atoms with Crippen LogP contribution in [-0.2, 0) is 17.8 Å². The molecule has 0 aromatic heterocycles. The summed E-state index contributed by atoms with van der Waals surface area (Å²) in [6.07, 6.45) is 3.03. The SMILES string of the molecule is Cl.Cl.NCCCC[C@H](N[C@@H](CNC(=O)Nc1ccccc1)Cc1ccccc1)C(=O)NCc1ccccc1. The molecule has 0 saturated carbocycles. The molecule has 3 amide bonds. The Morgan fingerprint density at radius 2 is 1.32 bits per heavy atom. The van der Waals surface area contributed by atoms with Crippen LogP contribution in [0.1, 0.15) is 30.4 Å². The van der Waals surface area contributed by atoms with E-state index in [0.29, 0.717) is 32.5 Å². The number of halogens is 2. The van der Waals surface area contributed by atoms with Crippen LogP contribution in [0.2, 0.25) is 0 Å². The maximum atomic E-state index is 13.2. The van der Waals surface area contributed by atoms with Gasteiger partial charge in [0.15, 0.2) is 0 Å². The number of rotatable bonds is 14. The fourth-order valence-electron chi connectivity index (χ4n) is 3.98. The van der Waals surface area contributed by atoms with Crippen LogP contribution in [0.3, 0.4) is 0 Å². The molecule has 2 atom stereocenters. The van der Waals surface area contributed by atoms with E-state index in [9.17, 15) is 9.59 Å². The number of anilines is 1. The van der Waals surface area contributed by atoms with Gasteiger partial charge in [-0.2, -0.15) is 0 Å². The Hall–Kier alpha value is -3.10.